The molecule has 0 aliphatic heterocycles. The zero-order chi connectivity index (χ0) is 20.0. The lowest BCUT2D eigenvalue weighted by Gasteiger charge is -2.09. The Balaban J connectivity index is 2.19. The first kappa shape index (κ1) is 19.8. The molecule has 0 saturated heterocycles. The third kappa shape index (κ3) is 5.23. The number of hydrogen-bond donors (Lipinski definition) is 1. The second-order valence-electron chi connectivity index (χ2n) is 5.59. The molecule has 1 aromatic heterocycles. The van der Waals surface area contributed by atoms with Crippen molar-refractivity contribution in [3.05, 3.63) is 62.5 Å². The van der Waals surface area contributed by atoms with Crippen molar-refractivity contribution in [1.29, 1.82) is 5.26 Å². The number of non-ortho nitro benzene ring substituents is 1. The van der Waals surface area contributed by atoms with Gasteiger partial charge in [-0.1, -0.05) is 0 Å². The van der Waals surface area contributed by atoms with Crippen LogP contribution in [0, 0.1) is 21.4 Å². The van der Waals surface area contributed by atoms with Crippen LogP contribution in [0.15, 0.2) is 41.3 Å². The zero-order valence-corrected chi connectivity index (χ0v) is 15.3. The van der Waals surface area contributed by atoms with E-state index in [1.54, 1.807) is 25.3 Å². The third-order valence-corrected chi connectivity index (χ3v) is 4.06. The van der Waals surface area contributed by atoms with E-state index in [2.05, 4.69) is 5.32 Å². The highest BCUT2D eigenvalue weighted by Gasteiger charge is 2.19. The van der Waals surface area contributed by atoms with Gasteiger partial charge in [-0.05, 0) is 49.1 Å². The van der Waals surface area contributed by atoms with Crippen LogP contribution < -0.4 is 5.32 Å². The lowest BCUT2D eigenvalue weighted by Crippen LogP contribution is -2.17. The van der Waals surface area contributed by atoms with Crippen molar-refractivity contribution in [1.82, 2.24) is 0 Å². The van der Waals surface area contributed by atoms with E-state index in [4.69, 9.17) is 4.74 Å². The summed E-state index contributed by atoms with van der Waals surface area (Å²) in [6.07, 6.45) is 0.997. The van der Waals surface area contributed by atoms with Crippen LogP contribution in [0.25, 0.3) is 6.08 Å². The highest BCUT2D eigenvalue weighted by molar-refractivity contribution is 7.14. The third-order valence-electron chi connectivity index (χ3n) is 3.23. The van der Waals surface area contributed by atoms with E-state index < -0.39 is 16.8 Å². The number of nitrogens with one attached hydrogen (secondary N) is 1. The Morgan fingerprint density at radius 2 is 1.96 bits per heavy atom. The molecule has 0 atom stereocenters. The molecule has 0 saturated carbocycles. The van der Waals surface area contributed by atoms with Gasteiger partial charge in [0.2, 0.25) is 0 Å². The van der Waals surface area contributed by atoms with Crippen LogP contribution in [-0.2, 0) is 9.53 Å². The van der Waals surface area contributed by atoms with Gasteiger partial charge in [-0.2, -0.15) is 5.26 Å². The molecule has 0 fully saturated rings. The molecule has 9 heteroatoms. The molecule has 1 amide bonds. The number of thiophene rings is 1. The smallest absolute Gasteiger partial charge is 0.341 e. The molecule has 8 nitrogen and oxygen atoms in total. The number of nitro groups is 1. The largest absolute Gasteiger partial charge is 0.459 e. The van der Waals surface area contributed by atoms with Crippen molar-refractivity contribution < 1.29 is 19.2 Å². The Bertz CT molecular complexity index is 939. The standard InChI is InChI=1S/C18H15N3O5S/c1-11(2)26-18(23)15-7-8-27-17(15)20-16(22)13(10-19)9-12-3-5-14(6-4-12)21(24)25/h3-9,11H,1-2H3,(H,20,22). The molecule has 1 heterocycles. The number of rotatable bonds is 6. The maximum atomic E-state index is 12.4. The molecule has 0 bridgehead atoms. The fourth-order valence-electron chi connectivity index (χ4n) is 2.02. The van der Waals surface area contributed by atoms with Crippen LogP contribution in [0.1, 0.15) is 29.8 Å². The molecule has 0 radical (unpaired) electrons. The summed E-state index contributed by atoms with van der Waals surface area (Å²) in [6.45, 7) is 3.42. The molecule has 2 rings (SSSR count). The predicted molar refractivity (Wildman–Crippen MR) is 100 cm³/mol. The zero-order valence-electron chi connectivity index (χ0n) is 14.5. The predicted octanol–water partition coefficient (Wildman–Crippen LogP) is 3.77. The van der Waals surface area contributed by atoms with Crippen LogP contribution in [-0.4, -0.2) is 22.9 Å². The summed E-state index contributed by atoms with van der Waals surface area (Å²) in [5.41, 5.74) is 0.357. The molecule has 0 aliphatic carbocycles. The number of carbonyl (C=O) groups excluding carboxylic acids is 2. The first-order valence-corrected chi connectivity index (χ1v) is 8.66. The van der Waals surface area contributed by atoms with Gasteiger partial charge in [0.1, 0.15) is 16.6 Å². The average molecular weight is 385 g/mol. The molecule has 27 heavy (non-hydrogen) atoms. The highest BCUT2D eigenvalue weighted by Crippen LogP contribution is 2.25. The SMILES string of the molecule is CC(C)OC(=O)c1ccsc1NC(=O)C(C#N)=Cc1ccc([N+](=O)[O-])cc1. The lowest BCUT2D eigenvalue weighted by molar-refractivity contribution is -0.384. The molecular formula is C18H15N3O5S. The van der Waals surface area contributed by atoms with Gasteiger partial charge < -0.3 is 10.1 Å². The Kier molecular flexibility index (Phi) is 6.41. The van der Waals surface area contributed by atoms with E-state index in [9.17, 15) is 25.0 Å². The molecule has 2 aromatic rings. The Morgan fingerprint density at radius 1 is 1.30 bits per heavy atom. The van der Waals surface area contributed by atoms with Crippen molar-refractivity contribution in [3.63, 3.8) is 0 Å². The van der Waals surface area contributed by atoms with Crippen molar-refractivity contribution in [2.75, 3.05) is 5.32 Å². The van der Waals surface area contributed by atoms with Gasteiger partial charge in [-0.3, -0.25) is 14.9 Å². The number of nitro benzene ring substituents is 1. The van der Waals surface area contributed by atoms with E-state index in [-0.39, 0.29) is 27.9 Å². The molecule has 1 N–H and O–H groups in total. The van der Waals surface area contributed by atoms with Gasteiger partial charge in [0, 0.05) is 12.1 Å². The fraction of sp³-hybridized carbons (Fsp3) is 0.167. The summed E-state index contributed by atoms with van der Waals surface area (Å²) in [4.78, 5) is 34.5. The van der Waals surface area contributed by atoms with Crippen LogP contribution >= 0.6 is 11.3 Å². The normalized spacial score (nSPS) is 11.0. The van der Waals surface area contributed by atoms with Crippen LogP contribution in [0.5, 0.6) is 0 Å². The number of nitrogens with zero attached hydrogens (tertiary/aromatic N) is 2. The van der Waals surface area contributed by atoms with Gasteiger partial charge in [0.25, 0.3) is 11.6 Å². The second kappa shape index (κ2) is 8.73. The fourth-order valence-corrected chi connectivity index (χ4v) is 2.79. The van der Waals surface area contributed by atoms with Gasteiger partial charge in [-0.25, -0.2) is 4.79 Å². The minimum Gasteiger partial charge on any atom is -0.459 e. The highest BCUT2D eigenvalue weighted by atomic mass is 32.1. The number of anilines is 1. The maximum absolute atomic E-state index is 12.4. The molecule has 0 unspecified atom stereocenters. The quantitative estimate of drug-likeness (QED) is 0.265. The van der Waals surface area contributed by atoms with Crippen molar-refractivity contribution in [2.45, 2.75) is 20.0 Å². The van der Waals surface area contributed by atoms with Crippen LogP contribution in [0.2, 0.25) is 0 Å². The first-order valence-electron chi connectivity index (χ1n) is 7.78. The van der Waals surface area contributed by atoms with Crippen molar-refractivity contribution >= 4 is 40.0 Å². The van der Waals surface area contributed by atoms with Crippen LogP contribution in [0.4, 0.5) is 10.7 Å². The number of hydrogen-bond acceptors (Lipinski definition) is 7. The number of amides is 1. The van der Waals surface area contributed by atoms with Gasteiger partial charge >= 0.3 is 5.97 Å². The summed E-state index contributed by atoms with van der Waals surface area (Å²) in [6, 6.07) is 8.72. The van der Waals surface area contributed by atoms with E-state index in [0.717, 1.165) is 11.3 Å². The summed E-state index contributed by atoms with van der Waals surface area (Å²) in [5, 5.41) is 24.3. The molecule has 1 aromatic carbocycles. The van der Waals surface area contributed by atoms with E-state index >= 15 is 0 Å². The Morgan fingerprint density at radius 3 is 2.52 bits per heavy atom. The van der Waals surface area contributed by atoms with Crippen molar-refractivity contribution in [3.8, 4) is 6.07 Å². The summed E-state index contributed by atoms with van der Waals surface area (Å²) >= 11 is 1.13. The second-order valence-corrected chi connectivity index (χ2v) is 6.51. The first-order chi connectivity index (χ1) is 12.8. The number of carbonyl (C=O) groups is 2. The topological polar surface area (TPSA) is 122 Å². The van der Waals surface area contributed by atoms with Crippen molar-refractivity contribution in [2.24, 2.45) is 0 Å². The number of ether oxygens (including phenoxy) is 1. The number of benzene rings is 1. The number of esters is 1. The average Bonchev–Trinajstić information content (AvgIpc) is 3.07. The van der Waals surface area contributed by atoms with E-state index in [0.29, 0.717) is 5.56 Å². The lowest BCUT2D eigenvalue weighted by atomic mass is 10.1. The summed E-state index contributed by atoms with van der Waals surface area (Å²) in [5.74, 6) is -1.27. The van der Waals surface area contributed by atoms with Gasteiger partial charge in [0.05, 0.1) is 16.6 Å². The van der Waals surface area contributed by atoms with Gasteiger partial charge in [-0.15, -0.1) is 11.3 Å². The van der Waals surface area contributed by atoms with Crippen LogP contribution in [0.3, 0.4) is 0 Å². The molecule has 0 spiro atoms. The Hall–Kier alpha value is -3.51. The molecule has 0 aliphatic rings. The van der Waals surface area contributed by atoms with E-state index in [1.807, 2.05) is 0 Å². The Labute approximate surface area is 158 Å². The summed E-state index contributed by atoms with van der Waals surface area (Å²) in [7, 11) is 0. The molecule has 138 valence electrons. The number of nitriles is 1. The molecular weight excluding hydrogens is 370 g/mol. The minimum absolute atomic E-state index is 0.0954. The summed E-state index contributed by atoms with van der Waals surface area (Å²) < 4.78 is 5.11. The minimum atomic E-state index is -0.697. The van der Waals surface area contributed by atoms with Gasteiger partial charge in [0.15, 0.2) is 0 Å². The monoisotopic (exact) mass is 385 g/mol. The maximum Gasteiger partial charge on any atom is 0.341 e. The van der Waals surface area contributed by atoms with E-state index in [1.165, 1.54) is 36.4 Å².